The maximum Gasteiger partial charge on any atom is 0.245 e. The first kappa shape index (κ1) is 16.3. The van der Waals surface area contributed by atoms with Crippen LogP contribution in [-0.2, 0) is 12.8 Å². The fourth-order valence-electron chi connectivity index (χ4n) is 3.50. The first-order chi connectivity index (χ1) is 12.8. The van der Waals surface area contributed by atoms with Crippen molar-refractivity contribution in [2.75, 3.05) is 7.11 Å². The number of nitrogens with zero attached hydrogens (tertiary/aromatic N) is 3. The number of methoxy groups -OCH3 is 1. The Morgan fingerprint density at radius 3 is 2.96 bits per heavy atom. The SMILES string of the molecule is COc1cc(C#N)cc(C2CCCc3nc(-c4ccccn4)oc3C2)c1. The van der Waals surface area contributed by atoms with Gasteiger partial charge in [0.15, 0.2) is 0 Å². The van der Waals surface area contributed by atoms with Gasteiger partial charge in [-0.15, -0.1) is 0 Å². The number of pyridine rings is 1. The third-order valence-corrected chi connectivity index (χ3v) is 4.83. The maximum absolute atomic E-state index is 9.28. The van der Waals surface area contributed by atoms with Crippen LogP contribution < -0.4 is 4.74 Å². The number of hydrogen-bond acceptors (Lipinski definition) is 5. The standard InChI is InChI=1S/C21H19N3O2/c1-25-17-10-14(13-22)9-16(11-17)15-5-4-7-18-20(12-15)26-21(24-18)19-6-2-3-8-23-19/h2-3,6,8-11,15H,4-5,7,12H2,1H3. The van der Waals surface area contributed by atoms with Crippen LogP contribution in [0.25, 0.3) is 11.6 Å². The molecule has 1 atom stereocenters. The van der Waals surface area contributed by atoms with Gasteiger partial charge in [0, 0.05) is 12.6 Å². The van der Waals surface area contributed by atoms with Crippen molar-refractivity contribution in [1.29, 1.82) is 5.26 Å². The summed E-state index contributed by atoms with van der Waals surface area (Å²) < 4.78 is 11.4. The third-order valence-electron chi connectivity index (χ3n) is 4.83. The van der Waals surface area contributed by atoms with Gasteiger partial charge < -0.3 is 9.15 Å². The highest BCUT2D eigenvalue weighted by atomic mass is 16.5. The summed E-state index contributed by atoms with van der Waals surface area (Å²) in [6, 6.07) is 13.7. The van der Waals surface area contributed by atoms with Gasteiger partial charge in [0.1, 0.15) is 17.2 Å². The van der Waals surface area contributed by atoms with Crippen LogP contribution in [0.5, 0.6) is 5.75 Å². The fourth-order valence-corrected chi connectivity index (χ4v) is 3.50. The van der Waals surface area contributed by atoms with E-state index in [4.69, 9.17) is 9.15 Å². The molecule has 2 heterocycles. The van der Waals surface area contributed by atoms with E-state index in [9.17, 15) is 5.26 Å². The fraction of sp³-hybridized carbons (Fsp3) is 0.286. The topological polar surface area (TPSA) is 71.9 Å². The second kappa shape index (κ2) is 7.01. The molecule has 0 amide bonds. The van der Waals surface area contributed by atoms with Crippen molar-refractivity contribution in [3.8, 4) is 23.4 Å². The van der Waals surface area contributed by atoms with E-state index >= 15 is 0 Å². The van der Waals surface area contributed by atoms with E-state index in [1.54, 1.807) is 19.4 Å². The lowest BCUT2D eigenvalue weighted by Gasteiger charge is -2.15. The van der Waals surface area contributed by atoms with Gasteiger partial charge in [-0.1, -0.05) is 6.07 Å². The molecule has 1 aliphatic carbocycles. The summed E-state index contributed by atoms with van der Waals surface area (Å²) in [5, 5.41) is 9.28. The number of hydrogen-bond donors (Lipinski definition) is 0. The Kier molecular flexibility index (Phi) is 4.40. The molecule has 1 unspecified atom stereocenters. The Balaban J connectivity index is 1.66. The number of aromatic nitrogens is 2. The lowest BCUT2D eigenvalue weighted by molar-refractivity contribution is 0.413. The zero-order chi connectivity index (χ0) is 17.9. The lowest BCUT2D eigenvalue weighted by Crippen LogP contribution is -2.02. The van der Waals surface area contributed by atoms with Gasteiger partial charge in [0.25, 0.3) is 0 Å². The van der Waals surface area contributed by atoms with Crippen molar-refractivity contribution < 1.29 is 9.15 Å². The minimum atomic E-state index is 0.281. The van der Waals surface area contributed by atoms with Crippen LogP contribution in [0.2, 0.25) is 0 Å². The summed E-state index contributed by atoms with van der Waals surface area (Å²) in [6.07, 6.45) is 5.48. The van der Waals surface area contributed by atoms with Crippen molar-refractivity contribution in [2.45, 2.75) is 31.6 Å². The van der Waals surface area contributed by atoms with Crippen LogP contribution in [0.1, 0.15) is 41.3 Å². The van der Waals surface area contributed by atoms with E-state index in [2.05, 4.69) is 16.0 Å². The molecule has 0 spiro atoms. The van der Waals surface area contributed by atoms with Crippen LogP contribution in [0.15, 0.2) is 47.0 Å². The molecule has 5 heteroatoms. The predicted molar refractivity (Wildman–Crippen MR) is 96.8 cm³/mol. The lowest BCUT2D eigenvalue weighted by atomic mass is 9.90. The largest absolute Gasteiger partial charge is 0.497 e. The van der Waals surface area contributed by atoms with Crippen molar-refractivity contribution in [3.63, 3.8) is 0 Å². The van der Waals surface area contributed by atoms with Gasteiger partial charge >= 0.3 is 0 Å². The molecule has 1 aliphatic rings. The molecule has 4 rings (SSSR count). The van der Waals surface area contributed by atoms with Gasteiger partial charge in [-0.05, 0) is 61.1 Å². The van der Waals surface area contributed by atoms with Crippen LogP contribution in [0, 0.1) is 11.3 Å². The summed E-state index contributed by atoms with van der Waals surface area (Å²) in [7, 11) is 1.63. The first-order valence-corrected chi connectivity index (χ1v) is 8.76. The Bertz CT molecular complexity index is 957. The number of benzene rings is 1. The molecule has 3 aromatic rings. The molecular formula is C21H19N3O2. The molecule has 2 aromatic heterocycles. The minimum absolute atomic E-state index is 0.281. The van der Waals surface area contributed by atoms with Crippen molar-refractivity contribution >= 4 is 0 Å². The highest BCUT2D eigenvalue weighted by Gasteiger charge is 2.24. The molecule has 0 aliphatic heterocycles. The Labute approximate surface area is 152 Å². The average Bonchev–Trinajstić information content (AvgIpc) is 2.99. The van der Waals surface area contributed by atoms with Crippen LogP contribution in [0.4, 0.5) is 0 Å². The van der Waals surface area contributed by atoms with Gasteiger partial charge in [0.05, 0.1) is 24.4 Å². The minimum Gasteiger partial charge on any atom is -0.497 e. The monoisotopic (exact) mass is 345 g/mol. The number of aryl methyl sites for hydroxylation is 1. The number of rotatable bonds is 3. The van der Waals surface area contributed by atoms with Crippen LogP contribution in [-0.4, -0.2) is 17.1 Å². The first-order valence-electron chi connectivity index (χ1n) is 8.76. The molecule has 5 nitrogen and oxygen atoms in total. The Morgan fingerprint density at radius 2 is 2.19 bits per heavy atom. The normalized spacial score (nSPS) is 16.4. The number of oxazole rings is 1. The van der Waals surface area contributed by atoms with Crippen molar-refractivity contribution in [1.82, 2.24) is 9.97 Å². The number of nitriles is 1. The zero-order valence-corrected chi connectivity index (χ0v) is 14.6. The number of ether oxygens (including phenoxy) is 1. The summed E-state index contributed by atoms with van der Waals surface area (Å²) in [5.74, 6) is 2.51. The van der Waals surface area contributed by atoms with E-state index in [0.717, 1.165) is 54.1 Å². The smallest absolute Gasteiger partial charge is 0.245 e. The van der Waals surface area contributed by atoms with Crippen LogP contribution >= 0.6 is 0 Å². The Morgan fingerprint density at radius 1 is 1.27 bits per heavy atom. The highest BCUT2D eigenvalue weighted by molar-refractivity contribution is 5.48. The summed E-state index contributed by atoms with van der Waals surface area (Å²) in [6.45, 7) is 0. The molecule has 0 bridgehead atoms. The molecule has 0 saturated heterocycles. The predicted octanol–water partition coefficient (Wildman–Crippen LogP) is 4.28. The van der Waals surface area contributed by atoms with Crippen molar-refractivity contribution in [3.05, 3.63) is 65.2 Å². The van der Waals surface area contributed by atoms with Gasteiger partial charge in [0.2, 0.25) is 5.89 Å². The van der Waals surface area contributed by atoms with Gasteiger partial charge in [-0.25, -0.2) is 4.98 Å². The van der Waals surface area contributed by atoms with E-state index in [0.29, 0.717) is 11.5 Å². The third kappa shape index (κ3) is 3.18. The quantitative estimate of drug-likeness (QED) is 0.663. The summed E-state index contributed by atoms with van der Waals surface area (Å²) in [5.41, 5.74) is 3.52. The Hall–Kier alpha value is -3.13. The maximum atomic E-state index is 9.28. The van der Waals surface area contributed by atoms with E-state index in [-0.39, 0.29) is 5.92 Å². The number of fused-ring (bicyclic) bond motifs is 1. The molecule has 0 saturated carbocycles. The molecule has 0 radical (unpaired) electrons. The van der Waals surface area contributed by atoms with Gasteiger partial charge in [-0.2, -0.15) is 5.26 Å². The molecule has 130 valence electrons. The van der Waals surface area contributed by atoms with E-state index < -0.39 is 0 Å². The summed E-state index contributed by atoms with van der Waals surface area (Å²) >= 11 is 0. The van der Waals surface area contributed by atoms with E-state index in [1.807, 2.05) is 30.3 Å². The van der Waals surface area contributed by atoms with Crippen molar-refractivity contribution in [2.24, 2.45) is 0 Å². The second-order valence-corrected chi connectivity index (χ2v) is 6.50. The van der Waals surface area contributed by atoms with E-state index in [1.165, 1.54) is 0 Å². The molecular weight excluding hydrogens is 326 g/mol. The zero-order valence-electron chi connectivity index (χ0n) is 14.6. The summed E-state index contributed by atoms with van der Waals surface area (Å²) in [4.78, 5) is 9.00. The van der Waals surface area contributed by atoms with Crippen LogP contribution in [0.3, 0.4) is 0 Å². The second-order valence-electron chi connectivity index (χ2n) is 6.50. The molecule has 0 N–H and O–H groups in total. The highest BCUT2D eigenvalue weighted by Crippen LogP contribution is 2.35. The molecule has 0 fully saturated rings. The average molecular weight is 345 g/mol. The molecule has 1 aromatic carbocycles. The molecule has 26 heavy (non-hydrogen) atoms. The van der Waals surface area contributed by atoms with Gasteiger partial charge in [-0.3, -0.25) is 4.98 Å².